The number of carboxylic acid groups (broad SMARTS) is 1. The summed E-state index contributed by atoms with van der Waals surface area (Å²) in [5.41, 5.74) is 0. The van der Waals surface area contributed by atoms with Gasteiger partial charge in [0.1, 0.15) is 0 Å². The van der Waals surface area contributed by atoms with E-state index in [1.165, 1.54) is 25.7 Å². The number of allylic oxidation sites excluding steroid dienone is 4. The van der Waals surface area contributed by atoms with Crippen LogP contribution in [0.25, 0.3) is 0 Å². The van der Waals surface area contributed by atoms with Gasteiger partial charge in [-0.1, -0.05) is 56.9 Å². The van der Waals surface area contributed by atoms with Crippen LogP contribution in [0.3, 0.4) is 0 Å². The molecule has 0 aromatic carbocycles. The van der Waals surface area contributed by atoms with E-state index in [4.69, 9.17) is 0 Å². The molecule has 0 fully saturated rings. The third kappa shape index (κ3) is 20.5. The third-order valence-corrected chi connectivity index (χ3v) is 3.39. The largest absolute Gasteiger partial charge is 1.00 e. The Morgan fingerprint density at radius 2 is 1.59 bits per heavy atom. The molecule has 1 N–H and O–H groups in total. The van der Waals surface area contributed by atoms with Crippen LogP contribution in [0.2, 0.25) is 0 Å². The van der Waals surface area contributed by atoms with Crippen LogP contribution in [0.4, 0.5) is 0 Å². The Hall–Kier alpha value is 0.546. The van der Waals surface area contributed by atoms with Gasteiger partial charge in [0.05, 0.1) is 6.10 Å². The van der Waals surface area contributed by atoms with Crippen LogP contribution in [0, 0.1) is 0 Å². The average Bonchev–Trinajstić information content (AvgIpc) is 2.43. The quantitative estimate of drug-likeness (QED) is 0.286. The van der Waals surface area contributed by atoms with Crippen LogP contribution in [-0.2, 0) is 4.79 Å². The number of carboxylic acids is 1. The topological polar surface area (TPSA) is 60.4 Å². The van der Waals surface area contributed by atoms with Crippen molar-refractivity contribution in [2.75, 3.05) is 0 Å². The molecule has 0 aliphatic carbocycles. The smallest absolute Gasteiger partial charge is 0.550 e. The molecule has 0 aliphatic rings. The molecule has 0 saturated heterocycles. The van der Waals surface area contributed by atoms with Gasteiger partial charge in [0.15, 0.2) is 0 Å². The van der Waals surface area contributed by atoms with Crippen molar-refractivity contribution in [1.82, 2.24) is 0 Å². The normalized spacial score (nSPS) is 12.6. The summed E-state index contributed by atoms with van der Waals surface area (Å²) < 4.78 is 0. The van der Waals surface area contributed by atoms with Gasteiger partial charge in [-0.2, -0.15) is 0 Å². The minimum absolute atomic E-state index is 0. The summed E-state index contributed by atoms with van der Waals surface area (Å²) in [6.07, 6.45) is 18.6. The van der Waals surface area contributed by atoms with E-state index in [-0.39, 0.29) is 57.8 Å². The molecule has 122 valence electrons. The van der Waals surface area contributed by atoms with Gasteiger partial charge in [-0.15, -0.1) is 0 Å². The molecule has 0 aromatic rings. The molecule has 0 rings (SSSR count). The molecule has 0 radical (unpaired) electrons. The van der Waals surface area contributed by atoms with Gasteiger partial charge < -0.3 is 15.0 Å². The molecule has 22 heavy (non-hydrogen) atoms. The molecule has 0 aromatic heterocycles. The Labute approximate surface area is 178 Å². The van der Waals surface area contributed by atoms with Crippen LogP contribution in [0.15, 0.2) is 24.3 Å². The first-order valence-corrected chi connectivity index (χ1v) is 8.34. The van der Waals surface area contributed by atoms with Crippen molar-refractivity contribution >= 4 is 5.97 Å². The van der Waals surface area contributed by atoms with E-state index < -0.39 is 12.1 Å². The van der Waals surface area contributed by atoms with Gasteiger partial charge >= 0.3 is 51.4 Å². The minimum atomic E-state index is -1.17. The fourth-order valence-corrected chi connectivity index (χ4v) is 2.13. The Morgan fingerprint density at radius 1 is 1.00 bits per heavy atom. The molecule has 1 atom stereocenters. The van der Waals surface area contributed by atoms with Crippen LogP contribution in [-0.4, -0.2) is 17.2 Å². The summed E-state index contributed by atoms with van der Waals surface area (Å²) in [5, 5.41) is 19.6. The molecular formula is C18H31KO3. The second kappa shape index (κ2) is 19.6. The predicted molar refractivity (Wildman–Crippen MR) is 85.8 cm³/mol. The number of aliphatic carboxylic acids is 1. The first kappa shape index (κ1) is 24.8. The first-order valence-electron chi connectivity index (χ1n) is 8.34. The molecule has 3 nitrogen and oxygen atoms in total. The molecule has 0 amide bonds. The standard InChI is InChI=1S/C18H32O3.K/c1-2-3-4-5-6-7-8-9-10-11-12-13-14-15-17(19)16-18(20)21;/h6-7,9-10,17,19H,2-5,8,11-16H2,1H3,(H,20,21);/q;+1/p-1/b7-6-,10-9-;. The summed E-state index contributed by atoms with van der Waals surface area (Å²) in [6.45, 7) is 2.22. The van der Waals surface area contributed by atoms with Crippen molar-refractivity contribution in [3.63, 3.8) is 0 Å². The SMILES string of the molecule is CCCCC/C=C\C/C=C\CCCCCC(O)CC(=O)[O-].[K+]. The van der Waals surface area contributed by atoms with Crippen molar-refractivity contribution in [2.24, 2.45) is 0 Å². The minimum Gasteiger partial charge on any atom is -0.550 e. The number of carbonyl (C=O) groups is 1. The van der Waals surface area contributed by atoms with Crippen LogP contribution in [0.1, 0.15) is 77.6 Å². The van der Waals surface area contributed by atoms with E-state index in [1.54, 1.807) is 0 Å². The van der Waals surface area contributed by atoms with Crippen LogP contribution in [0.5, 0.6) is 0 Å². The maximum absolute atomic E-state index is 10.3. The number of rotatable bonds is 14. The van der Waals surface area contributed by atoms with Crippen molar-refractivity contribution in [1.29, 1.82) is 0 Å². The average molecular weight is 335 g/mol. The van der Waals surface area contributed by atoms with Crippen molar-refractivity contribution in [3.8, 4) is 0 Å². The maximum Gasteiger partial charge on any atom is 1.00 e. The summed E-state index contributed by atoms with van der Waals surface area (Å²) in [7, 11) is 0. The second-order valence-electron chi connectivity index (χ2n) is 5.54. The zero-order valence-corrected chi connectivity index (χ0v) is 17.6. The van der Waals surface area contributed by atoms with E-state index in [2.05, 4.69) is 31.2 Å². The Morgan fingerprint density at radius 3 is 2.14 bits per heavy atom. The maximum atomic E-state index is 10.3. The molecule has 0 heterocycles. The number of hydrogen-bond acceptors (Lipinski definition) is 3. The molecule has 0 aliphatic heterocycles. The van der Waals surface area contributed by atoms with Crippen LogP contribution >= 0.6 is 0 Å². The number of unbranched alkanes of at least 4 members (excludes halogenated alkanes) is 6. The molecule has 0 spiro atoms. The third-order valence-electron chi connectivity index (χ3n) is 3.39. The number of aliphatic hydroxyl groups is 1. The summed E-state index contributed by atoms with van der Waals surface area (Å²) in [4.78, 5) is 10.3. The number of aliphatic hydroxyl groups excluding tert-OH is 1. The van der Waals surface area contributed by atoms with Gasteiger partial charge in [-0.25, -0.2) is 0 Å². The summed E-state index contributed by atoms with van der Waals surface area (Å²) in [6, 6.07) is 0. The molecule has 0 saturated carbocycles. The number of hydrogen-bond donors (Lipinski definition) is 1. The Balaban J connectivity index is 0. The second-order valence-corrected chi connectivity index (χ2v) is 5.54. The van der Waals surface area contributed by atoms with E-state index >= 15 is 0 Å². The van der Waals surface area contributed by atoms with Crippen molar-refractivity contribution in [3.05, 3.63) is 24.3 Å². The Bertz CT molecular complexity index is 301. The fraction of sp³-hybridized carbons (Fsp3) is 0.722. The van der Waals surface area contributed by atoms with Gasteiger partial charge in [-0.3, -0.25) is 0 Å². The van der Waals surface area contributed by atoms with Gasteiger partial charge in [0.2, 0.25) is 0 Å². The summed E-state index contributed by atoms with van der Waals surface area (Å²) in [5.74, 6) is -1.17. The molecular weight excluding hydrogens is 303 g/mol. The van der Waals surface area contributed by atoms with E-state index in [1.807, 2.05) is 0 Å². The van der Waals surface area contributed by atoms with E-state index in [9.17, 15) is 15.0 Å². The van der Waals surface area contributed by atoms with Gasteiger partial charge in [-0.05, 0) is 38.5 Å². The van der Waals surface area contributed by atoms with E-state index in [0.29, 0.717) is 6.42 Å². The Kier molecular flexibility index (Phi) is 22.1. The van der Waals surface area contributed by atoms with Crippen molar-refractivity contribution in [2.45, 2.75) is 83.7 Å². The van der Waals surface area contributed by atoms with Gasteiger partial charge in [0.25, 0.3) is 0 Å². The molecule has 1 unspecified atom stereocenters. The molecule has 0 bridgehead atoms. The van der Waals surface area contributed by atoms with Crippen LogP contribution < -0.4 is 56.5 Å². The zero-order chi connectivity index (χ0) is 15.8. The molecule has 4 heteroatoms. The van der Waals surface area contributed by atoms with Gasteiger partial charge in [0, 0.05) is 12.4 Å². The van der Waals surface area contributed by atoms with Crippen molar-refractivity contribution < 1.29 is 66.4 Å². The predicted octanol–water partition coefficient (Wildman–Crippen LogP) is 0.525. The first-order chi connectivity index (χ1) is 10.2. The zero-order valence-electron chi connectivity index (χ0n) is 14.4. The number of carbonyl (C=O) groups excluding carboxylic acids is 1. The fourth-order valence-electron chi connectivity index (χ4n) is 2.13. The summed E-state index contributed by atoms with van der Waals surface area (Å²) >= 11 is 0. The monoisotopic (exact) mass is 334 g/mol. The van der Waals surface area contributed by atoms with E-state index in [0.717, 1.165) is 32.1 Å².